The molecule has 0 aliphatic heterocycles. The molecule has 0 bridgehead atoms. The molecule has 2 aliphatic rings. The Kier molecular flexibility index (Phi) is 7.06. The largest absolute Gasteiger partial charge is 0.315 e. The van der Waals surface area contributed by atoms with Crippen molar-refractivity contribution in [2.75, 3.05) is 6.54 Å². The van der Waals surface area contributed by atoms with Crippen molar-refractivity contribution in [3.05, 3.63) is 0 Å². The van der Waals surface area contributed by atoms with Crippen LogP contribution in [0.5, 0.6) is 0 Å². The first-order valence-electron chi connectivity index (χ1n) is 8.16. The summed E-state index contributed by atoms with van der Waals surface area (Å²) in [7, 11) is 0. The average molecular weight is 267 g/mol. The van der Waals surface area contributed by atoms with Crippen LogP contribution in [0, 0.1) is 17.3 Å². The van der Waals surface area contributed by atoms with Gasteiger partial charge in [-0.05, 0) is 55.9 Å². The van der Waals surface area contributed by atoms with Gasteiger partial charge in [0.1, 0.15) is 6.29 Å². The zero-order valence-electron chi connectivity index (χ0n) is 13.4. The first-order valence-corrected chi connectivity index (χ1v) is 8.16. The lowest BCUT2D eigenvalue weighted by atomic mass is 9.50. The van der Waals surface area contributed by atoms with Crippen molar-refractivity contribution in [3.8, 4) is 0 Å². The summed E-state index contributed by atoms with van der Waals surface area (Å²) < 4.78 is 0. The summed E-state index contributed by atoms with van der Waals surface area (Å²) >= 11 is 0. The Labute approximate surface area is 119 Å². The van der Waals surface area contributed by atoms with Crippen molar-refractivity contribution >= 4 is 6.29 Å². The maximum atomic E-state index is 9.82. The van der Waals surface area contributed by atoms with E-state index in [1.165, 1.54) is 6.42 Å². The van der Waals surface area contributed by atoms with Gasteiger partial charge in [-0.1, -0.05) is 34.1 Å². The van der Waals surface area contributed by atoms with Crippen LogP contribution in [0.3, 0.4) is 0 Å². The van der Waals surface area contributed by atoms with E-state index in [0.29, 0.717) is 12.5 Å². The lowest BCUT2D eigenvalue weighted by Crippen LogP contribution is -2.44. The predicted molar refractivity (Wildman–Crippen MR) is 82.3 cm³/mol. The third kappa shape index (κ3) is 5.64. The van der Waals surface area contributed by atoms with Crippen LogP contribution in [0.4, 0.5) is 0 Å². The zero-order valence-corrected chi connectivity index (χ0v) is 13.4. The SMILES string of the molecule is CC(C)C1CC2(CCC2)C1.CC(C)NCCCC=O. The number of hydrogen-bond acceptors (Lipinski definition) is 2. The summed E-state index contributed by atoms with van der Waals surface area (Å²) in [5.41, 5.74) is 0.898. The van der Waals surface area contributed by atoms with Crippen LogP contribution in [0.2, 0.25) is 0 Å². The minimum Gasteiger partial charge on any atom is -0.315 e. The molecule has 0 aromatic heterocycles. The molecule has 2 heteroatoms. The molecular formula is C17H33NO. The van der Waals surface area contributed by atoms with Crippen LogP contribution in [-0.2, 0) is 4.79 Å². The number of nitrogens with one attached hydrogen (secondary N) is 1. The molecule has 0 saturated heterocycles. The van der Waals surface area contributed by atoms with Crippen molar-refractivity contribution in [3.63, 3.8) is 0 Å². The quantitative estimate of drug-likeness (QED) is 0.577. The van der Waals surface area contributed by atoms with E-state index in [4.69, 9.17) is 0 Å². The second-order valence-corrected chi connectivity index (χ2v) is 7.18. The van der Waals surface area contributed by atoms with Crippen LogP contribution >= 0.6 is 0 Å². The zero-order chi connectivity index (χ0) is 14.3. The van der Waals surface area contributed by atoms with Gasteiger partial charge in [0.15, 0.2) is 0 Å². The molecule has 0 radical (unpaired) electrons. The first kappa shape index (κ1) is 16.7. The predicted octanol–water partition coefficient (Wildman–Crippen LogP) is 4.19. The highest BCUT2D eigenvalue weighted by Crippen LogP contribution is 2.60. The minimum absolute atomic E-state index is 0.539. The fourth-order valence-electron chi connectivity index (χ4n) is 3.19. The molecular weight excluding hydrogens is 234 g/mol. The fraction of sp³-hybridized carbons (Fsp3) is 0.941. The van der Waals surface area contributed by atoms with Gasteiger partial charge in [-0.15, -0.1) is 0 Å². The molecule has 0 aromatic rings. The molecule has 19 heavy (non-hydrogen) atoms. The molecule has 2 nitrogen and oxygen atoms in total. The van der Waals surface area contributed by atoms with Gasteiger partial charge in [0.25, 0.3) is 0 Å². The monoisotopic (exact) mass is 267 g/mol. The van der Waals surface area contributed by atoms with E-state index >= 15 is 0 Å². The molecule has 112 valence electrons. The molecule has 2 saturated carbocycles. The smallest absolute Gasteiger partial charge is 0.120 e. The molecule has 0 heterocycles. The number of unbranched alkanes of at least 4 members (excludes halogenated alkanes) is 1. The Morgan fingerprint density at radius 2 is 1.84 bits per heavy atom. The Bertz CT molecular complexity index is 248. The van der Waals surface area contributed by atoms with Crippen molar-refractivity contribution in [2.24, 2.45) is 17.3 Å². The molecule has 0 amide bonds. The Hall–Kier alpha value is -0.370. The maximum Gasteiger partial charge on any atom is 0.120 e. The van der Waals surface area contributed by atoms with E-state index in [0.717, 1.165) is 36.5 Å². The van der Waals surface area contributed by atoms with E-state index in [1.54, 1.807) is 25.7 Å². The van der Waals surface area contributed by atoms with Crippen molar-refractivity contribution in [2.45, 2.75) is 78.7 Å². The molecule has 0 aromatic carbocycles. The second-order valence-electron chi connectivity index (χ2n) is 7.18. The Morgan fingerprint density at radius 1 is 1.21 bits per heavy atom. The number of rotatable bonds is 6. The topological polar surface area (TPSA) is 29.1 Å². The second kappa shape index (κ2) is 8.04. The van der Waals surface area contributed by atoms with Gasteiger partial charge in [-0.25, -0.2) is 0 Å². The highest BCUT2D eigenvalue weighted by molar-refractivity contribution is 5.48. The molecule has 2 fully saturated rings. The van der Waals surface area contributed by atoms with E-state index in [2.05, 4.69) is 33.0 Å². The highest BCUT2D eigenvalue weighted by atomic mass is 16.1. The van der Waals surface area contributed by atoms with Gasteiger partial charge in [-0.3, -0.25) is 0 Å². The summed E-state index contributed by atoms with van der Waals surface area (Å²) in [6.45, 7) is 9.89. The van der Waals surface area contributed by atoms with Crippen molar-refractivity contribution in [1.82, 2.24) is 5.32 Å². The summed E-state index contributed by atoms with van der Waals surface area (Å²) in [5, 5.41) is 3.22. The molecule has 2 rings (SSSR count). The molecule has 0 unspecified atom stereocenters. The van der Waals surface area contributed by atoms with Crippen molar-refractivity contribution < 1.29 is 4.79 Å². The number of aldehydes is 1. The molecule has 0 atom stereocenters. The average Bonchev–Trinajstić information content (AvgIpc) is 2.20. The summed E-state index contributed by atoms with van der Waals surface area (Å²) in [6.07, 6.45) is 10.3. The molecule has 1 N–H and O–H groups in total. The van der Waals surface area contributed by atoms with Gasteiger partial charge in [0.2, 0.25) is 0 Å². The lowest BCUT2D eigenvalue weighted by Gasteiger charge is -2.55. The van der Waals surface area contributed by atoms with Crippen LogP contribution < -0.4 is 5.32 Å². The maximum absolute atomic E-state index is 9.82. The minimum atomic E-state index is 0.539. The Morgan fingerprint density at radius 3 is 2.21 bits per heavy atom. The number of carbonyl (C=O) groups excluding carboxylic acids is 1. The van der Waals surface area contributed by atoms with E-state index in [1.807, 2.05) is 0 Å². The van der Waals surface area contributed by atoms with Crippen LogP contribution in [-0.4, -0.2) is 18.9 Å². The normalized spacial score (nSPS) is 20.7. The lowest BCUT2D eigenvalue weighted by molar-refractivity contribution is -0.107. The van der Waals surface area contributed by atoms with Crippen LogP contribution in [0.15, 0.2) is 0 Å². The summed E-state index contributed by atoms with van der Waals surface area (Å²) in [6, 6.07) is 0.539. The van der Waals surface area contributed by atoms with Gasteiger partial charge < -0.3 is 10.1 Å². The van der Waals surface area contributed by atoms with E-state index < -0.39 is 0 Å². The molecule has 2 aliphatic carbocycles. The number of hydrogen-bond donors (Lipinski definition) is 1. The third-order valence-electron chi connectivity index (χ3n) is 4.80. The highest BCUT2D eigenvalue weighted by Gasteiger charge is 2.48. The van der Waals surface area contributed by atoms with Gasteiger partial charge >= 0.3 is 0 Å². The fourth-order valence-corrected chi connectivity index (χ4v) is 3.19. The van der Waals surface area contributed by atoms with Crippen LogP contribution in [0.1, 0.15) is 72.6 Å². The molecule has 1 spiro atoms. The van der Waals surface area contributed by atoms with Crippen LogP contribution in [0.25, 0.3) is 0 Å². The van der Waals surface area contributed by atoms with Crippen molar-refractivity contribution in [1.29, 1.82) is 0 Å². The standard InChI is InChI=1S/C10H18.C7H15NO/c1-8(2)9-6-10(7-9)4-3-5-10;1-7(2)8-5-3-4-6-9/h8-9H,3-7H2,1-2H3;6-8H,3-5H2,1-2H3. The van der Waals surface area contributed by atoms with Gasteiger partial charge in [-0.2, -0.15) is 0 Å². The summed E-state index contributed by atoms with van der Waals surface area (Å²) in [5.74, 6) is 2.03. The number of carbonyl (C=O) groups is 1. The Balaban J connectivity index is 0.000000192. The van der Waals surface area contributed by atoms with Gasteiger partial charge in [0, 0.05) is 12.5 Å². The van der Waals surface area contributed by atoms with E-state index in [-0.39, 0.29) is 0 Å². The van der Waals surface area contributed by atoms with E-state index in [9.17, 15) is 4.79 Å². The summed E-state index contributed by atoms with van der Waals surface area (Å²) in [4.78, 5) is 9.82. The first-order chi connectivity index (χ1) is 8.99. The third-order valence-corrected chi connectivity index (χ3v) is 4.80. The van der Waals surface area contributed by atoms with Gasteiger partial charge in [0.05, 0.1) is 0 Å².